The van der Waals surface area contributed by atoms with Crippen LogP contribution in [0.3, 0.4) is 0 Å². The van der Waals surface area contributed by atoms with Crippen molar-refractivity contribution in [3.05, 3.63) is 12.5 Å². The summed E-state index contributed by atoms with van der Waals surface area (Å²) >= 11 is 0. The van der Waals surface area contributed by atoms with Crippen molar-refractivity contribution in [3.63, 3.8) is 0 Å². The van der Waals surface area contributed by atoms with Gasteiger partial charge in [-0.15, -0.1) is 0 Å². The molecule has 1 fully saturated rings. The average molecular weight is 258 g/mol. The molecule has 0 saturated carbocycles. The molecule has 2 rings (SSSR count). The standard InChI is InChI=1S/C10H18N4O2S/c1-8(2)13-6-10(12-7-13)17(15,16)14-4-3-9(11)5-14/h6-9H,3-5,11H2,1-2H3/t9-/m1/s1. The van der Waals surface area contributed by atoms with Gasteiger partial charge in [0, 0.05) is 31.4 Å². The highest BCUT2D eigenvalue weighted by atomic mass is 32.2. The van der Waals surface area contributed by atoms with Gasteiger partial charge in [0.25, 0.3) is 10.0 Å². The summed E-state index contributed by atoms with van der Waals surface area (Å²) in [6.45, 7) is 4.82. The third-order valence-electron chi connectivity index (χ3n) is 2.97. The Labute approximate surface area is 101 Å². The number of hydrogen-bond donors (Lipinski definition) is 1. The maximum absolute atomic E-state index is 12.2. The van der Waals surface area contributed by atoms with E-state index in [1.807, 2.05) is 13.8 Å². The quantitative estimate of drug-likeness (QED) is 0.839. The van der Waals surface area contributed by atoms with Crippen molar-refractivity contribution >= 4 is 10.0 Å². The van der Waals surface area contributed by atoms with Gasteiger partial charge in [0.2, 0.25) is 0 Å². The average Bonchev–Trinajstić information content (AvgIpc) is 2.85. The second kappa shape index (κ2) is 4.40. The number of nitrogens with zero attached hydrogens (tertiary/aromatic N) is 3. The van der Waals surface area contributed by atoms with Gasteiger partial charge >= 0.3 is 0 Å². The molecular formula is C10H18N4O2S. The molecule has 0 aliphatic carbocycles. The van der Waals surface area contributed by atoms with Gasteiger partial charge in [0.15, 0.2) is 5.03 Å². The topological polar surface area (TPSA) is 81.2 Å². The molecule has 1 aliphatic rings. The number of aromatic nitrogens is 2. The van der Waals surface area contributed by atoms with Crippen LogP contribution >= 0.6 is 0 Å². The lowest BCUT2D eigenvalue weighted by Gasteiger charge is -2.13. The van der Waals surface area contributed by atoms with Gasteiger partial charge in [-0.2, -0.15) is 4.31 Å². The van der Waals surface area contributed by atoms with E-state index in [4.69, 9.17) is 5.73 Å². The molecule has 0 spiro atoms. The lowest BCUT2D eigenvalue weighted by Crippen LogP contribution is -2.32. The van der Waals surface area contributed by atoms with E-state index in [0.717, 1.165) is 0 Å². The lowest BCUT2D eigenvalue weighted by molar-refractivity contribution is 0.469. The van der Waals surface area contributed by atoms with Gasteiger partial charge in [-0.1, -0.05) is 0 Å². The molecule has 1 aromatic rings. The summed E-state index contributed by atoms with van der Waals surface area (Å²) in [4.78, 5) is 3.97. The Balaban J connectivity index is 2.25. The van der Waals surface area contributed by atoms with Gasteiger partial charge in [-0.25, -0.2) is 13.4 Å². The van der Waals surface area contributed by atoms with Gasteiger partial charge in [-0.05, 0) is 20.3 Å². The van der Waals surface area contributed by atoms with E-state index in [0.29, 0.717) is 19.5 Å². The van der Waals surface area contributed by atoms with Crippen LogP contribution in [0.4, 0.5) is 0 Å². The highest BCUT2D eigenvalue weighted by Crippen LogP contribution is 2.19. The van der Waals surface area contributed by atoms with E-state index in [-0.39, 0.29) is 17.1 Å². The zero-order chi connectivity index (χ0) is 12.6. The Morgan fingerprint density at radius 3 is 2.71 bits per heavy atom. The van der Waals surface area contributed by atoms with Crippen molar-refractivity contribution in [1.29, 1.82) is 0 Å². The molecule has 6 nitrogen and oxygen atoms in total. The largest absolute Gasteiger partial charge is 0.334 e. The lowest BCUT2D eigenvalue weighted by atomic mass is 10.3. The summed E-state index contributed by atoms with van der Waals surface area (Å²) in [7, 11) is -3.46. The molecule has 96 valence electrons. The predicted molar refractivity (Wildman–Crippen MR) is 64.0 cm³/mol. The number of imidazole rings is 1. The van der Waals surface area contributed by atoms with E-state index in [9.17, 15) is 8.42 Å². The fourth-order valence-electron chi connectivity index (χ4n) is 1.84. The minimum atomic E-state index is -3.46. The second-order valence-corrected chi connectivity index (χ2v) is 6.55. The Kier molecular flexibility index (Phi) is 3.24. The number of rotatable bonds is 3. The van der Waals surface area contributed by atoms with Crippen LogP contribution in [0.5, 0.6) is 0 Å². The van der Waals surface area contributed by atoms with E-state index in [2.05, 4.69) is 4.98 Å². The Bertz CT molecular complexity index is 494. The van der Waals surface area contributed by atoms with E-state index < -0.39 is 10.0 Å². The monoisotopic (exact) mass is 258 g/mol. The van der Waals surface area contributed by atoms with Crippen LogP contribution in [0.25, 0.3) is 0 Å². The number of nitrogens with two attached hydrogens (primary N) is 1. The van der Waals surface area contributed by atoms with Crippen molar-refractivity contribution in [1.82, 2.24) is 13.9 Å². The van der Waals surface area contributed by atoms with Crippen molar-refractivity contribution in [2.24, 2.45) is 5.73 Å². The molecule has 1 saturated heterocycles. The summed E-state index contributed by atoms with van der Waals surface area (Å²) in [5.41, 5.74) is 5.72. The highest BCUT2D eigenvalue weighted by molar-refractivity contribution is 7.89. The molecule has 1 aromatic heterocycles. The van der Waals surface area contributed by atoms with Gasteiger partial charge < -0.3 is 10.3 Å². The molecular weight excluding hydrogens is 240 g/mol. The molecule has 1 atom stereocenters. The highest BCUT2D eigenvalue weighted by Gasteiger charge is 2.32. The van der Waals surface area contributed by atoms with Crippen LogP contribution in [-0.4, -0.2) is 41.4 Å². The van der Waals surface area contributed by atoms with Crippen LogP contribution in [0, 0.1) is 0 Å². The van der Waals surface area contributed by atoms with Crippen molar-refractivity contribution < 1.29 is 8.42 Å². The SMILES string of the molecule is CC(C)n1cnc(S(=O)(=O)N2CC[C@@H](N)C2)c1. The molecule has 0 amide bonds. The zero-order valence-corrected chi connectivity index (χ0v) is 10.9. The summed E-state index contributed by atoms with van der Waals surface area (Å²) in [6.07, 6.45) is 3.83. The first-order chi connectivity index (χ1) is 7.91. The summed E-state index contributed by atoms with van der Waals surface area (Å²) in [5.74, 6) is 0. The van der Waals surface area contributed by atoms with Crippen molar-refractivity contribution in [3.8, 4) is 0 Å². The first-order valence-electron chi connectivity index (χ1n) is 5.70. The van der Waals surface area contributed by atoms with Gasteiger partial charge in [-0.3, -0.25) is 0 Å². The van der Waals surface area contributed by atoms with Crippen LogP contribution in [0.15, 0.2) is 17.6 Å². The fraction of sp³-hybridized carbons (Fsp3) is 0.700. The summed E-state index contributed by atoms with van der Waals surface area (Å²) in [6, 6.07) is 0.143. The molecule has 0 aromatic carbocycles. The molecule has 0 bridgehead atoms. The van der Waals surface area contributed by atoms with Crippen molar-refractivity contribution in [2.45, 2.75) is 37.4 Å². The van der Waals surface area contributed by atoms with Crippen LogP contribution in [0.1, 0.15) is 26.3 Å². The number of sulfonamides is 1. The smallest absolute Gasteiger partial charge is 0.262 e. The molecule has 2 heterocycles. The van der Waals surface area contributed by atoms with Crippen LogP contribution in [0.2, 0.25) is 0 Å². The predicted octanol–water partition coefficient (Wildman–Crippen LogP) is 0.186. The molecule has 0 radical (unpaired) electrons. The Morgan fingerprint density at radius 2 is 2.24 bits per heavy atom. The van der Waals surface area contributed by atoms with Gasteiger partial charge in [0.05, 0.1) is 6.33 Å². The van der Waals surface area contributed by atoms with E-state index in [1.54, 1.807) is 17.1 Å². The Hall–Kier alpha value is -0.920. The summed E-state index contributed by atoms with van der Waals surface area (Å²) in [5, 5.41) is 0.111. The van der Waals surface area contributed by atoms with Crippen molar-refractivity contribution in [2.75, 3.05) is 13.1 Å². The Morgan fingerprint density at radius 1 is 1.53 bits per heavy atom. The van der Waals surface area contributed by atoms with Gasteiger partial charge in [0.1, 0.15) is 0 Å². The molecule has 7 heteroatoms. The molecule has 1 aliphatic heterocycles. The maximum atomic E-state index is 12.2. The third kappa shape index (κ3) is 2.36. The first kappa shape index (κ1) is 12.5. The molecule has 0 unspecified atom stereocenters. The minimum Gasteiger partial charge on any atom is -0.334 e. The molecule has 17 heavy (non-hydrogen) atoms. The summed E-state index contributed by atoms with van der Waals surface area (Å²) < 4.78 is 27.6. The maximum Gasteiger partial charge on any atom is 0.262 e. The zero-order valence-electron chi connectivity index (χ0n) is 10.1. The number of hydrogen-bond acceptors (Lipinski definition) is 4. The van der Waals surface area contributed by atoms with Crippen LogP contribution in [-0.2, 0) is 10.0 Å². The van der Waals surface area contributed by atoms with E-state index >= 15 is 0 Å². The third-order valence-corrected chi connectivity index (χ3v) is 4.72. The molecule has 2 N–H and O–H groups in total. The fourth-order valence-corrected chi connectivity index (χ4v) is 3.27. The first-order valence-corrected chi connectivity index (χ1v) is 7.14. The minimum absolute atomic E-state index is 0.0584. The normalized spacial score (nSPS) is 22.5. The van der Waals surface area contributed by atoms with E-state index in [1.165, 1.54) is 4.31 Å². The van der Waals surface area contributed by atoms with Crippen LogP contribution < -0.4 is 5.73 Å². The second-order valence-electron chi connectivity index (χ2n) is 4.66.